The van der Waals surface area contributed by atoms with Crippen molar-refractivity contribution >= 4 is 11.8 Å². The van der Waals surface area contributed by atoms with Crippen molar-refractivity contribution in [3.05, 3.63) is 50.2 Å². The molecule has 1 aliphatic heterocycles. The van der Waals surface area contributed by atoms with Crippen LogP contribution in [0.5, 0.6) is 11.5 Å². The molecule has 0 spiro atoms. The summed E-state index contributed by atoms with van der Waals surface area (Å²) in [4.78, 5) is 37.8. The molecule has 0 fully saturated rings. The number of hydrogen-bond donors (Lipinski definition) is 2. The van der Waals surface area contributed by atoms with Crippen molar-refractivity contribution in [2.24, 2.45) is 0 Å². The fourth-order valence-corrected chi connectivity index (χ4v) is 3.32. The number of anilines is 1. The van der Waals surface area contributed by atoms with Crippen molar-refractivity contribution in [1.29, 1.82) is 0 Å². The van der Waals surface area contributed by atoms with E-state index in [-0.39, 0.29) is 12.4 Å². The van der Waals surface area contributed by atoms with Gasteiger partial charge in [-0.15, -0.1) is 0 Å². The number of nitrogens with zero attached hydrogens (tertiary/aromatic N) is 2. The molecule has 1 aromatic carbocycles. The van der Waals surface area contributed by atoms with Crippen LogP contribution in [-0.4, -0.2) is 29.4 Å². The molecule has 1 aromatic heterocycles. The Morgan fingerprint density at radius 2 is 1.67 bits per heavy atom. The fraction of sp³-hybridized carbons (Fsp3) is 0.389. The van der Waals surface area contributed by atoms with Crippen LogP contribution in [0.2, 0.25) is 0 Å². The van der Waals surface area contributed by atoms with Crippen LogP contribution >= 0.6 is 0 Å². The molecule has 0 bridgehead atoms. The topological polar surface area (TPSA) is 104 Å². The first kappa shape index (κ1) is 18.6. The number of urea groups is 1. The van der Waals surface area contributed by atoms with Gasteiger partial charge in [-0.1, -0.05) is 6.07 Å². The highest BCUT2D eigenvalue weighted by Crippen LogP contribution is 2.34. The van der Waals surface area contributed by atoms with E-state index in [1.54, 1.807) is 32.0 Å². The Morgan fingerprint density at radius 1 is 1.00 bits per heavy atom. The van der Waals surface area contributed by atoms with E-state index in [0.29, 0.717) is 29.2 Å². The molecule has 1 unspecified atom stereocenters. The minimum atomic E-state index is -0.725. The van der Waals surface area contributed by atoms with E-state index < -0.39 is 23.3 Å². The van der Waals surface area contributed by atoms with E-state index in [4.69, 9.17) is 9.47 Å². The molecular formula is C18H22N4O5. The Kier molecular flexibility index (Phi) is 4.93. The smallest absolute Gasteiger partial charge is 0.332 e. The van der Waals surface area contributed by atoms with Crippen molar-refractivity contribution in [3.8, 4) is 11.5 Å². The lowest BCUT2D eigenvalue weighted by atomic mass is 9.98. The van der Waals surface area contributed by atoms with Crippen molar-refractivity contribution in [2.45, 2.75) is 33.0 Å². The van der Waals surface area contributed by atoms with Gasteiger partial charge in [0.25, 0.3) is 5.56 Å². The summed E-state index contributed by atoms with van der Waals surface area (Å²) in [6.45, 7) is 4.07. The van der Waals surface area contributed by atoms with E-state index in [0.717, 1.165) is 4.57 Å². The first-order valence-corrected chi connectivity index (χ1v) is 8.63. The van der Waals surface area contributed by atoms with Gasteiger partial charge in [0.1, 0.15) is 5.82 Å². The molecule has 9 nitrogen and oxygen atoms in total. The summed E-state index contributed by atoms with van der Waals surface area (Å²) in [7, 11) is 3.04. The largest absolute Gasteiger partial charge is 0.493 e. The quantitative estimate of drug-likeness (QED) is 0.821. The third-order valence-corrected chi connectivity index (χ3v) is 4.63. The van der Waals surface area contributed by atoms with Crippen LogP contribution in [0.25, 0.3) is 0 Å². The lowest BCUT2D eigenvalue weighted by molar-refractivity contribution is 0.248. The van der Waals surface area contributed by atoms with E-state index in [2.05, 4.69) is 10.6 Å². The molecule has 1 aliphatic rings. The normalized spacial score (nSPS) is 15.6. The Labute approximate surface area is 155 Å². The zero-order valence-corrected chi connectivity index (χ0v) is 15.7. The monoisotopic (exact) mass is 374 g/mol. The van der Waals surface area contributed by atoms with Gasteiger partial charge in [0.15, 0.2) is 11.5 Å². The van der Waals surface area contributed by atoms with Crippen LogP contribution in [-0.2, 0) is 13.1 Å². The van der Waals surface area contributed by atoms with Crippen LogP contribution in [0.3, 0.4) is 0 Å². The molecule has 2 N–H and O–H groups in total. The minimum Gasteiger partial charge on any atom is -0.493 e. The summed E-state index contributed by atoms with van der Waals surface area (Å²) < 4.78 is 13.1. The summed E-state index contributed by atoms with van der Waals surface area (Å²) in [6.07, 6.45) is 0. The van der Waals surface area contributed by atoms with Gasteiger partial charge >= 0.3 is 11.7 Å². The Balaban J connectivity index is 2.29. The number of carbonyl (C=O) groups excluding carboxylic acids is 1. The number of rotatable bonds is 5. The maximum atomic E-state index is 13.0. The zero-order valence-electron chi connectivity index (χ0n) is 15.7. The molecule has 2 aromatic rings. The molecule has 27 heavy (non-hydrogen) atoms. The average Bonchev–Trinajstić information content (AvgIpc) is 2.67. The van der Waals surface area contributed by atoms with Crippen LogP contribution in [0.15, 0.2) is 27.8 Å². The molecule has 3 rings (SSSR count). The number of carbonyl (C=O) groups is 1. The number of aromatic nitrogens is 2. The summed E-state index contributed by atoms with van der Waals surface area (Å²) in [5.74, 6) is 1.23. The lowest BCUT2D eigenvalue weighted by Gasteiger charge is -2.29. The standard InChI is InChI=1S/C18H22N4O5/c1-5-21-15-13(16(23)22(6-2)18(21)25)14(19-17(24)20-15)10-7-8-11(26-3)12(9-10)27-4/h7-9,14H,5-6H2,1-4H3,(H2,19,20,24). The van der Waals surface area contributed by atoms with Gasteiger partial charge in [-0.05, 0) is 31.5 Å². The van der Waals surface area contributed by atoms with Crippen molar-refractivity contribution < 1.29 is 14.3 Å². The van der Waals surface area contributed by atoms with Crippen molar-refractivity contribution in [1.82, 2.24) is 14.5 Å². The summed E-state index contributed by atoms with van der Waals surface area (Å²) in [5.41, 5.74) is 0.0708. The van der Waals surface area contributed by atoms with E-state index in [1.807, 2.05) is 0 Å². The second-order valence-corrected chi connectivity index (χ2v) is 5.98. The van der Waals surface area contributed by atoms with Gasteiger partial charge in [-0.25, -0.2) is 9.59 Å². The van der Waals surface area contributed by atoms with E-state index >= 15 is 0 Å². The van der Waals surface area contributed by atoms with Gasteiger partial charge in [0.05, 0.1) is 25.8 Å². The number of benzene rings is 1. The van der Waals surface area contributed by atoms with Crippen molar-refractivity contribution in [2.75, 3.05) is 19.5 Å². The third-order valence-electron chi connectivity index (χ3n) is 4.63. The molecule has 1 atom stereocenters. The van der Waals surface area contributed by atoms with Gasteiger partial charge in [-0.3, -0.25) is 19.2 Å². The average molecular weight is 374 g/mol. The predicted octanol–water partition coefficient (Wildman–Crippen LogP) is 1.29. The third kappa shape index (κ3) is 2.94. The molecule has 9 heteroatoms. The number of hydrogen-bond acceptors (Lipinski definition) is 5. The fourth-order valence-electron chi connectivity index (χ4n) is 3.32. The second-order valence-electron chi connectivity index (χ2n) is 5.98. The molecule has 0 saturated carbocycles. The molecule has 0 saturated heterocycles. The SMILES string of the molecule is CCn1c2c(c(=O)n(CC)c1=O)C(c1ccc(OC)c(OC)c1)NC(=O)N2. The number of fused-ring (bicyclic) bond motifs is 1. The number of nitrogens with one attached hydrogen (secondary N) is 2. The Bertz CT molecular complexity index is 1010. The highest BCUT2D eigenvalue weighted by molar-refractivity contribution is 5.92. The highest BCUT2D eigenvalue weighted by atomic mass is 16.5. The Morgan fingerprint density at radius 3 is 2.26 bits per heavy atom. The van der Waals surface area contributed by atoms with Crippen LogP contribution in [0.4, 0.5) is 10.6 Å². The summed E-state index contributed by atoms with van der Waals surface area (Å²) in [5, 5.41) is 5.37. The van der Waals surface area contributed by atoms with Crippen LogP contribution < -0.4 is 31.4 Å². The second kappa shape index (κ2) is 7.18. The van der Waals surface area contributed by atoms with E-state index in [9.17, 15) is 14.4 Å². The van der Waals surface area contributed by atoms with Crippen LogP contribution in [0, 0.1) is 0 Å². The number of methoxy groups -OCH3 is 2. The number of ether oxygens (including phenoxy) is 2. The first-order chi connectivity index (χ1) is 13.0. The van der Waals surface area contributed by atoms with Crippen LogP contribution in [0.1, 0.15) is 31.0 Å². The number of amides is 2. The minimum absolute atomic E-state index is 0.223. The molecule has 0 radical (unpaired) electrons. The van der Waals surface area contributed by atoms with Gasteiger partial charge in [-0.2, -0.15) is 0 Å². The summed E-state index contributed by atoms with van der Waals surface area (Å²) >= 11 is 0. The lowest BCUT2D eigenvalue weighted by Crippen LogP contribution is -2.50. The van der Waals surface area contributed by atoms with E-state index in [1.165, 1.54) is 18.8 Å². The zero-order chi connectivity index (χ0) is 19.7. The summed E-state index contributed by atoms with van der Waals surface area (Å²) in [6, 6.07) is 3.94. The molecule has 2 heterocycles. The molecule has 2 amide bonds. The van der Waals surface area contributed by atoms with Gasteiger partial charge < -0.3 is 14.8 Å². The molecule has 144 valence electrons. The van der Waals surface area contributed by atoms with Gasteiger partial charge in [0, 0.05) is 13.1 Å². The van der Waals surface area contributed by atoms with Gasteiger partial charge in [0.2, 0.25) is 0 Å². The predicted molar refractivity (Wildman–Crippen MR) is 99.9 cm³/mol. The first-order valence-electron chi connectivity index (χ1n) is 8.63. The highest BCUT2D eigenvalue weighted by Gasteiger charge is 2.33. The molecule has 0 aliphatic carbocycles. The Hall–Kier alpha value is -3.23. The van der Waals surface area contributed by atoms with Crippen molar-refractivity contribution in [3.63, 3.8) is 0 Å². The maximum absolute atomic E-state index is 13.0. The molecular weight excluding hydrogens is 352 g/mol. The maximum Gasteiger partial charge on any atom is 0.332 e.